The second kappa shape index (κ2) is 4.07. The Morgan fingerprint density at radius 2 is 1.35 bits per heavy atom. The van der Waals surface area contributed by atoms with Crippen LogP contribution in [0.5, 0.6) is 0 Å². The van der Waals surface area contributed by atoms with Crippen molar-refractivity contribution in [3.63, 3.8) is 0 Å². The summed E-state index contributed by atoms with van der Waals surface area (Å²) in [4.78, 5) is 0. The second-order valence-corrected chi connectivity index (χ2v) is 7.38. The van der Waals surface area contributed by atoms with Gasteiger partial charge < -0.3 is 18.9 Å². The summed E-state index contributed by atoms with van der Waals surface area (Å²) >= 11 is 0. The molecule has 0 unspecified atom stereocenters. The molecular formula is C16H24O4. The van der Waals surface area contributed by atoms with Gasteiger partial charge >= 0.3 is 0 Å². The van der Waals surface area contributed by atoms with E-state index in [9.17, 15) is 0 Å². The third kappa shape index (κ3) is 1.89. The predicted molar refractivity (Wildman–Crippen MR) is 73.0 cm³/mol. The third-order valence-corrected chi connectivity index (χ3v) is 4.97. The Labute approximate surface area is 120 Å². The highest BCUT2D eigenvalue weighted by molar-refractivity contribution is 5.14. The molecule has 0 aromatic rings. The van der Waals surface area contributed by atoms with Crippen molar-refractivity contribution in [1.29, 1.82) is 0 Å². The molecule has 0 aromatic carbocycles. The summed E-state index contributed by atoms with van der Waals surface area (Å²) in [7, 11) is 0. The fraction of sp³-hybridized carbons (Fsp3) is 0.875. The second-order valence-electron chi connectivity index (χ2n) is 7.38. The first-order valence-corrected chi connectivity index (χ1v) is 7.74. The van der Waals surface area contributed by atoms with Crippen LogP contribution in [0.1, 0.15) is 40.5 Å². The van der Waals surface area contributed by atoms with Crippen molar-refractivity contribution in [2.24, 2.45) is 11.8 Å². The molecule has 2 heterocycles. The van der Waals surface area contributed by atoms with Crippen LogP contribution in [0.25, 0.3) is 0 Å². The van der Waals surface area contributed by atoms with Gasteiger partial charge in [-0.15, -0.1) is 0 Å². The molecule has 4 rings (SSSR count). The van der Waals surface area contributed by atoms with Gasteiger partial charge in [-0.25, -0.2) is 0 Å². The molecule has 2 saturated heterocycles. The maximum absolute atomic E-state index is 6.21. The number of allylic oxidation sites excluding steroid dienone is 1. The molecule has 4 aliphatic rings. The van der Waals surface area contributed by atoms with Gasteiger partial charge in [-0.05, 0) is 46.5 Å². The van der Waals surface area contributed by atoms with E-state index < -0.39 is 11.6 Å². The van der Waals surface area contributed by atoms with E-state index in [4.69, 9.17) is 18.9 Å². The van der Waals surface area contributed by atoms with E-state index in [2.05, 4.69) is 12.2 Å². The van der Waals surface area contributed by atoms with Crippen LogP contribution in [0.3, 0.4) is 0 Å². The molecule has 0 radical (unpaired) electrons. The summed E-state index contributed by atoms with van der Waals surface area (Å²) in [5.41, 5.74) is 0. The van der Waals surface area contributed by atoms with Gasteiger partial charge in [0.05, 0.1) is 12.2 Å². The molecule has 0 aromatic heterocycles. The van der Waals surface area contributed by atoms with Gasteiger partial charge in [0.2, 0.25) is 0 Å². The van der Waals surface area contributed by atoms with Gasteiger partial charge in [0.25, 0.3) is 0 Å². The Hall–Kier alpha value is -0.420. The highest BCUT2D eigenvalue weighted by atomic mass is 16.8. The minimum Gasteiger partial charge on any atom is -0.344 e. The van der Waals surface area contributed by atoms with Crippen molar-refractivity contribution in [1.82, 2.24) is 0 Å². The molecule has 4 nitrogen and oxygen atoms in total. The van der Waals surface area contributed by atoms with E-state index in [-0.39, 0.29) is 24.4 Å². The molecule has 20 heavy (non-hydrogen) atoms. The Kier molecular flexibility index (Phi) is 2.70. The molecule has 0 N–H and O–H groups in total. The van der Waals surface area contributed by atoms with Gasteiger partial charge in [0.1, 0.15) is 12.2 Å². The fourth-order valence-corrected chi connectivity index (χ4v) is 4.38. The predicted octanol–water partition coefficient (Wildman–Crippen LogP) is 2.62. The standard InChI is InChI=1S/C16H24O4/c1-15(2)17-11-9-7-5-6-8-10(9)12-14(13(11)19-15)20-16(3,4)18-12/h5,7,9-14H,6,8H2,1-4H3/t9-,10+,11+,12-,13-,14-/m1/s1. The topological polar surface area (TPSA) is 36.9 Å². The average molecular weight is 280 g/mol. The van der Waals surface area contributed by atoms with E-state index in [0.717, 1.165) is 12.8 Å². The lowest BCUT2D eigenvalue weighted by atomic mass is 9.68. The minimum absolute atomic E-state index is 0.00970. The van der Waals surface area contributed by atoms with Crippen LogP contribution in [-0.4, -0.2) is 36.0 Å². The van der Waals surface area contributed by atoms with Gasteiger partial charge in [-0.3, -0.25) is 0 Å². The molecule has 1 saturated carbocycles. The summed E-state index contributed by atoms with van der Waals surface area (Å²) in [6.07, 6.45) is 7.02. The van der Waals surface area contributed by atoms with Crippen LogP contribution < -0.4 is 0 Å². The smallest absolute Gasteiger partial charge is 0.163 e. The molecule has 2 aliphatic carbocycles. The lowest BCUT2D eigenvalue weighted by Gasteiger charge is -2.43. The summed E-state index contributed by atoms with van der Waals surface area (Å²) in [5, 5.41) is 0. The number of fused-ring (bicyclic) bond motifs is 6. The highest BCUT2D eigenvalue weighted by Crippen LogP contribution is 2.51. The molecule has 2 aliphatic heterocycles. The van der Waals surface area contributed by atoms with Crippen molar-refractivity contribution in [2.75, 3.05) is 0 Å². The van der Waals surface area contributed by atoms with Crippen LogP contribution in [0, 0.1) is 11.8 Å². The molecular weight excluding hydrogens is 256 g/mol. The summed E-state index contributed by atoms with van der Waals surface area (Å²) < 4.78 is 24.7. The maximum Gasteiger partial charge on any atom is 0.163 e. The van der Waals surface area contributed by atoms with Gasteiger partial charge in [0, 0.05) is 5.92 Å². The van der Waals surface area contributed by atoms with Crippen LogP contribution in [-0.2, 0) is 18.9 Å². The molecule has 0 spiro atoms. The molecule has 112 valence electrons. The Bertz CT molecular complexity index is 442. The Morgan fingerprint density at radius 1 is 0.800 bits per heavy atom. The molecule has 6 atom stereocenters. The van der Waals surface area contributed by atoms with Crippen molar-refractivity contribution in [2.45, 2.75) is 76.5 Å². The Morgan fingerprint density at radius 3 is 2.05 bits per heavy atom. The molecule has 0 bridgehead atoms. The zero-order valence-electron chi connectivity index (χ0n) is 12.7. The minimum atomic E-state index is -0.532. The number of ether oxygens (including phenoxy) is 4. The highest BCUT2D eigenvalue weighted by Gasteiger charge is 2.62. The first kappa shape index (κ1) is 13.3. The van der Waals surface area contributed by atoms with E-state index in [1.165, 1.54) is 0 Å². The monoisotopic (exact) mass is 280 g/mol. The van der Waals surface area contributed by atoms with Gasteiger partial charge in [0.15, 0.2) is 11.6 Å². The lowest BCUT2D eigenvalue weighted by molar-refractivity contribution is -0.177. The largest absolute Gasteiger partial charge is 0.344 e. The summed E-state index contributed by atoms with van der Waals surface area (Å²) in [6, 6.07) is 0. The molecule has 0 amide bonds. The first-order valence-electron chi connectivity index (χ1n) is 7.74. The van der Waals surface area contributed by atoms with E-state index >= 15 is 0 Å². The van der Waals surface area contributed by atoms with Crippen molar-refractivity contribution in [3.8, 4) is 0 Å². The zero-order chi connectivity index (χ0) is 14.1. The van der Waals surface area contributed by atoms with Gasteiger partial charge in [-0.1, -0.05) is 12.2 Å². The van der Waals surface area contributed by atoms with E-state index in [1.54, 1.807) is 0 Å². The van der Waals surface area contributed by atoms with E-state index in [0.29, 0.717) is 11.8 Å². The summed E-state index contributed by atoms with van der Waals surface area (Å²) in [5.74, 6) is -0.192. The van der Waals surface area contributed by atoms with Crippen molar-refractivity contribution >= 4 is 0 Å². The SMILES string of the molecule is CC1(C)O[C@H]2[C@@H]3OC(C)(C)O[C@H]3[C@@H]3C=CCC[C@@H]3[C@H]2O1. The number of rotatable bonds is 0. The van der Waals surface area contributed by atoms with Crippen LogP contribution >= 0.6 is 0 Å². The number of hydrogen-bond donors (Lipinski definition) is 0. The van der Waals surface area contributed by atoms with Crippen LogP contribution in [0.2, 0.25) is 0 Å². The van der Waals surface area contributed by atoms with Crippen LogP contribution in [0.15, 0.2) is 12.2 Å². The lowest BCUT2D eigenvalue weighted by Crippen LogP contribution is -2.56. The fourth-order valence-electron chi connectivity index (χ4n) is 4.38. The number of hydrogen-bond acceptors (Lipinski definition) is 4. The van der Waals surface area contributed by atoms with Crippen molar-refractivity contribution < 1.29 is 18.9 Å². The maximum atomic E-state index is 6.21. The molecule has 3 fully saturated rings. The quantitative estimate of drug-likeness (QED) is 0.639. The average Bonchev–Trinajstić information content (AvgIpc) is 2.85. The van der Waals surface area contributed by atoms with E-state index in [1.807, 2.05) is 27.7 Å². The Balaban J connectivity index is 1.72. The first-order chi connectivity index (χ1) is 9.36. The van der Waals surface area contributed by atoms with Crippen molar-refractivity contribution in [3.05, 3.63) is 12.2 Å². The zero-order valence-corrected chi connectivity index (χ0v) is 12.7. The normalized spacial score (nSPS) is 51.4. The third-order valence-electron chi connectivity index (χ3n) is 4.97. The van der Waals surface area contributed by atoms with Gasteiger partial charge in [-0.2, -0.15) is 0 Å². The van der Waals surface area contributed by atoms with Crippen LogP contribution in [0.4, 0.5) is 0 Å². The summed E-state index contributed by atoms with van der Waals surface area (Å²) in [6.45, 7) is 7.97. The molecule has 4 heteroatoms.